The number of aliphatic hydroxyl groups excluding tert-OH is 1. The first-order valence-corrected chi connectivity index (χ1v) is 4.60. The molecule has 0 saturated heterocycles. The van der Waals surface area contributed by atoms with Gasteiger partial charge in [-0.25, -0.2) is 0 Å². The zero-order chi connectivity index (χ0) is 9.35. The van der Waals surface area contributed by atoms with Gasteiger partial charge in [0.15, 0.2) is 0 Å². The highest BCUT2D eigenvalue weighted by molar-refractivity contribution is 9.10. The summed E-state index contributed by atoms with van der Waals surface area (Å²) in [4.78, 5) is 0. The van der Waals surface area contributed by atoms with E-state index in [1.807, 2.05) is 10.9 Å². The van der Waals surface area contributed by atoms with Crippen molar-refractivity contribution >= 4 is 15.9 Å². The molecule has 0 atom stereocenters. The van der Waals surface area contributed by atoms with Gasteiger partial charge in [0.1, 0.15) is 4.60 Å². The van der Waals surface area contributed by atoms with E-state index >= 15 is 0 Å². The van der Waals surface area contributed by atoms with Gasteiger partial charge in [0.2, 0.25) is 0 Å². The van der Waals surface area contributed by atoms with Crippen molar-refractivity contribution < 1.29 is 5.11 Å². The maximum absolute atomic E-state index is 8.91. The van der Waals surface area contributed by atoms with Gasteiger partial charge in [0.25, 0.3) is 0 Å². The Balaban J connectivity index is 3.05. The largest absolute Gasteiger partial charge is 0.392 e. The molecule has 0 aliphatic rings. The van der Waals surface area contributed by atoms with Gasteiger partial charge >= 0.3 is 0 Å². The van der Waals surface area contributed by atoms with Crippen LogP contribution >= 0.6 is 15.9 Å². The molecule has 1 N–H and O–H groups in total. The van der Waals surface area contributed by atoms with Crippen molar-refractivity contribution in [2.24, 2.45) is 0 Å². The molecule has 0 fully saturated rings. The first kappa shape index (κ1) is 9.74. The molecule has 0 saturated carbocycles. The van der Waals surface area contributed by atoms with Crippen molar-refractivity contribution in [3.8, 4) is 0 Å². The summed E-state index contributed by atoms with van der Waals surface area (Å²) in [6.07, 6.45) is 1.85. The monoisotopic (exact) mass is 232 g/mol. The molecule has 0 aliphatic carbocycles. The third-order valence-corrected chi connectivity index (χ3v) is 2.26. The number of halogens is 1. The standard InChI is InChI=1S/C8H13BrN2O/c1-8(2,3)11-4-6(5-12)7(9)10-11/h4,12H,5H2,1-3H3. The molecular weight excluding hydrogens is 220 g/mol. The van der Waals surface area contributed by atoms with Gasteiger partial charge in [-0.05, 0) is 36.7 Å². The highest BCUT2D eigenvalue weighted by atomic mass is 79.9. The summed E-state index contributed by atoms with van der Waals surface area (Å²) < 4.78 is 2.56. The van der Waals surface area contributed by atoms with Crippen LogP contribution in [-0.4, -0.2) is 14.9 Å². The molecule has 0 aromatic carbocycles. The van der Waals surface area contributed by atoms with Crippen LogP contribution in [-0.2, 0) is 12.1 Å². The van der Waals surface area contributed by atoms with Crippen LogP contribution in [0.25, 0.3) is 0 Å². The molecule has 1 aromatic heterocycles. The highest BCUT2D eigenvalue weighted by Crippen LogP contribution is 2.19. The lowest BCUT2D eigenvalue weighted by Gasteiger charge is -2.18. The van der Waals surface area contributed by atoms with Gasteiger partial charge in [0.05, 0.1) is 12.1 Å². The molecule has 3 nitrogen and oxygen atoms in total. The summed E-state index contributed by atoms with van der Waals surface area (Å²) in [7, 11) is 0. The van der Waals surface area contributed by atoms with Crippen LogP contribution in [0.1, 0.15) is 26.3 Å². The van der Waals surface area contributed by atoms with E-state index in [1.54, 1.807) is 0 Å². The highest BCUT2D eigenvalue weighted by Gasteiger charge is 2.16. The smallest absolute Gasteiger partial charge is 0.133 e. The van der Waals surface area contributed by atoms with E-state index in [4.69, 9.17) is 5.11 Å². The molecule has 1 rings (SSSR count). The lowest BCUT2D eigenvalue weighted by atomic mass is 10.1. The average Bonchev–Trinajstić information content (AvgIpc) is 2.29. The molecule has 0 unspecified atom stereocenters. The summed E-state index contributed by atoms with van der Waals surface area (Å²) in [5.41, 5.74) is 0.792. The zero-order valence-electron chi connectivity index (χ0n) is 7.50. The molecule has 68 valence electrons. The molecule has 0 spiro atoms. The van der Waals surface area contributed by atoms with Crippen LogP contribution in [0.5, 0.6) is 0 Å². The minimum absolute atomic E-state index is 0.0245. The van der Waals surface area contributed by atoms with Crippen molar-refractivity contribution in [1.82, 2.24) is 9.78 Å². The van der Waals surface area contributed by atoms with E-state index in [0.29, 0.717) is 0 Å². The predicted octanol–water partition coefficient (Wildman–Crippen LogP) is 1.89. The molecule has 0 radical (unpaired) electrons. The van der Waals surface area contributed by atoms with Gasteiger partial charge in [-0.2, -0.15) is 5.10 Å². The Hall–Kier alpha value is -0.350. The topological polar surface area (TPSA) is 38.0 Å². The molecular formula is C8H13BrN2O. The Morgan fingerprint density at radius 2 is 2.17 bits per heavy atom. The normalized spacial score (nSPS) is 12.1. The maximum atomic E-state index is 8.91. The van der Waals surface area contributed by atoms with E-state index in [9.17, 15) is 0 Å². The second-order valence-electron chi connectivity index (χ2n) is 3.72. The van der Waals surface area contributed by atoms with Gasteiger partial charge in [0, 0.05) is 11.8 Å². The number of hydrogen-bond donors (Lipinski definition) is 1. The van der Waals surface area contributed by atoms with E-state index in [0.717, 1.165) is 10.2 Å². The van der Waals surface area contributed by atoms with E-state index < -0.39 is 0 Å². The Morgan fingerprint density at radius 1 is 1.58 bits per heavy atom. The third-order valence-electron chi connectivity index (χ3n) is 1.60. The second kappa shape index (κ2) is 3.18. The quantitative estimate of drug-likeness (QED) is 0.804. The SMILES string of the molecule is CC(C)(C)n1cc(CO)c(Br)n1. The molecule has 1 heterocycles. The Kier molecular flexibility index (Phi) is 2.58. The van der Waals surface area contributed by atoms with Crippen LogP contribution in [0.4, 0.5) is 0 Å². The molecule has 0 bridgehead atoms. The molecule has 4 heteroatoms. The van der Waals surface area contributed by atoms with Crippen LogP contribution in [0.2, 0.25) is 0 Å². The number of nitrogens with zero attached hydrogens (tertiary/aromatic N) is 2. The van der Waals surface area contributed by atoms with E-state index in [1.165, 1.54) is 0 Å². The number of aromatic nitrogens is 2. The van der Waals surface area contributed by atoms with Gasteiger partial charge < -0.3 is 5.11 Å². The van der Waals surface area contributed by atoms with Crippen LogP contribution in [0.15, 0.2) is 10.8 Å². The second-order valence-corrected chi connectivity index (χ2v) is 4.47. The maximum Gasteiger partial charge on any atom is 0.133 e. The molecule has 1 aromatic rings. The first-order chi connectivity index (χ1) is 5.45. The lowest BCUT2D eigenvalue weighted by molar-refractivity contribution is 0.280. The zero-order valence-corrected chi connectivity index (χ0v) is 9.09. The summed E-state index contributed by atoms with van der Waals surface area (Å²) in [5, 5.41) is 13.1. The van der Waals surface area contributed by atoms with Crippen molar-refractivity contribution in [2.75, 3.05) is 0 Å². The van der Waals surface area contributed by atoms with Crippen LogP contribution in [0.3, 0.4) is 0 Å². The number of hydrogen-bond acceptors (Lipinski definition) is 2. The van der Waals surface area contributed by atoms with Crippen molar-refractivity contribution in [2.45, 2.75) is 32.9 Å². The van der Waals surface area contributed by atoms with Gasteiger partial charge in [-0.3, -0.25) is 4.68 Å². The fourth-order valence-electron chi connectivity index (χ4n) is 0.838. The van der Waals surface area contributed by atoms with E-state index in [-0.39, 0.29) is 12.1 Å². The van der Waals surface area contributed by atoms with Crippen molar-refractivity contribution in [3.63, 3.8) is 0 Å². The lowest BCUT2D eigenvalue weighted by Crippen LogP contribution is -2.22. The average molecular weight is 233 g/mol. The van der Waals surface area contributed by atoms with E-state index in [2.05, 4.69) is 41.8 Å². The summed E-state index contributed by atoms with van der Waals surface area (Å²) in [6, 6.07) is 0. The number of aliphatic hydroxyl groups is 1. The first-order valence-electron chi connectivity index (χ1n) is 3.80. The fourth-order valence-corrected chi connectivity index (χ4v) is 1.24. The third kappa shape index (κ3) is 1.87. The van der Waals surface area contributed by atoms with Gasteiger partial charge in [-0.1, -0.05) is 0 Å². The minimum atomic E-state index is -0.0318. The number of rotatable bonds is 1. The summed E-state index contributed by atoms with van der Waals surface area (Å²) >= 11 is 3.28. The van der Waals surface area contributed by atoms with Crippen LogP contribution < -0.4 is 0 Å². The minimum Gasteiger partial charge on any atom is -0.392 e. The predicted molar refractivity (Wildman–Crippen MR) is 50.8 cm³/mol. The Bertz CT molecular complexity index is 275. The Morgan fingerprint density at radius 3 is 2.42 bits per heavy atom. The van der Waals surface area contributed by atoms with Crippen molar-refractivity contribution in [1.29, 1.82) is 0 Å². The summed E-state index contributed by atoms with van der Waals surface area (Å²) in [5.74, 6) is 0. The van der Waals surface area contributed by atoms with Gasteiger partial charge in [-0.15, -0.1) is 0 Å². The Labute approximate surface area is 80.5 Å². The molecule has 12 heavy (non-hydrogen) atoms. The fraction of sp³-hybridized carbons (Fsp3) is 0.625. The molecule has 0 amide bonds. The van der Waals surface area contributed by atoms with Crippen LogP contribution in [0, 0.1) is 0 Å². The molecule has 0 aliphatic heterocycles. The summed E-state index contributed by atoms with van der Waals surface area (Å²) in [6.45, 7) is 6.21. The van der Waals surface area contributed by atoms with Crippen molar-refractivity contribution in [3.05, 3.63) is 16.4 Å².